The van der Waals surface area contributed by atoms with E-state index in [-0.39, 0.29) is 22.1 Å². The molecule has 2 aliphatic heterocycles. The Hall–Kier alpha value is -2.65. The Morgan fingerprint density at radius 2 is 2.02 bits per heavy atom. The van der Waals surface area contributed by atoms with Crippen LogP contribution in [0.5, 0.6) is 5.75 Å². The number of phenolic OH excluding ortho intramolecular Hbond substituents is 1. The van der Waals surface area contributed by atoms with Gasteiger partial charge in [0, 0.05) is 54.5 Å². The van der Waals surface area contributed by atoms with Crippen molar-refractivity contribution in [2.75, 3.05) is 45.9 Å². The molecule has 3 aromatic heterocycles. The Labute approximate surface area is 268 Å². The summed E-state index contributed by atoms with van der Waals surface area (Å²) in [5, 5.41) is 29.1. The van der Waals surface area contributed by atoms with Crippen molar-refractivity contribution in [1.82, 2.24) is 25.1 Å². The Bertz CT molecular complexity index is 1650. The molecule has 2 fully saturated rings. The fourth-order valence-corrected chi connectivity index (χ4v) is 8.69. The highest BCUT2D eigenvalue weighted by molar-refractivity contribution is 7.16. The molecule has 0 radical (unpaired) electrons. The second kappa shape index (κ2) is 13.4. The lowest BCUT2D eigenvalue weighted by atomic mass is 9.89. The van der Waals surface area contributed by atoms with Crippen LogP contribution in [0.4, 0.5) is 0 Å². The zero-order valence-corrected chi connectivity index (χ0v) is 27.5. The standard InChI is InChI=1S/C31H39N5O5S3/c1-19(2)28-33-23(17-43-28)29(39)36-11-12-41-31(18-36)6-9-35(10-7-31)15-21-13-20(16-42-21)5-8-32-14-25(38)22-3-4-24(37)26-27(22)44-30(40)34-26/h3-4,13,16-17,19,25,32,37-38H,5-12,14-15,18H2,1-2H3,(H,34,40)/t25-/m0/s1. The van der Waals surface area contributed by atoms with Gasteiger partial charge in [-0.25, -0.2) is 4.98 Å². The van der Waals surface area contributed by atoms with E-state index >= 15 is 0 Å². The number of carbonyl (C=O) groups excluding carboxylic acids is 1. The van der Waals surface area contributed by atoms with Crippen molar-refractivity contribution in [3.8, 4) is 5.75 Å². The molecule has 1 spiro atoms. The first kappa shape index (κ1) is 31.3. The lowest BCUT2D eigenvalue weighted by molar-refractivity contribution is -0.127. The third kappa shape index (κ3) is 6.94. The highest BCUT2D eigenvalue weighted by atomic mass is 32.1. The Balaban J connectivity index is 0.945. The number of hydrogen-bond acceptors (Lipinski definition) is 11. The minimum atomic E-state index is -0.784. The van der Waals surface area contributed by atoms with E-state index in [4.69, 9.17) is 4.74 Å². The number of nitrogens with one attached hydrogen (secondary N) is 2. The number of aromatic amines is 1. The van der Waals surface area contributed by atoms with Crippen molar-refractivity contribution >= 4 is 50.1 Å². The molecular weight excluding hydrogens is 619 g/mol. The van der Waals surface area contributed by atoms with Gasteiger partial charge >= 0.3 is 4.87 Å². The number of H-pyrrole nitrogens is 1. The number of benzene rings is 1. The summed E-state index contributed by atoms with van der Waals surface area (Å²) >= 11 is 4.34. The number of carbonyl (C=O) groups is 1. The predicted octanol–water partition coefficient (Wildman–Crippen LogP) is 4.31. The zero-order valence-electron chi connectivity index (χ0n) is 25.0. The van der Waals surface area contributed by atoms with Crippen LogP contribution in [0.2, 0.25) is 0 Å². The Morgan fingerprint density at radius 3 is 2.80 bits per heavy atom. The number of phenols is 1. The molecule has 44 heavy (non-hydrogen) atoms. The number of hydrogen-bond donors (Lipinski definition) is 4. The van der Waals surface area contributed by atoms with E-state index < -0.39 is 6.10 Å². The number of rotatable bonds is 10. The Morgan fingerprint density at radius 1 is 1.20 bits per heavy atom. The molecule has 13 heteroatoms. The third-order valence-electron chi connectivity index (χ3n) is 8.50. The molecular formula is C31H39N5O5S3. The van der Waals surface area contributed by atoms with Gasteiger partial charge in [-0.05, 0) is 48.9 Å². The first-order chi connectivity index (χ1) is 21.2. The molecule has 0 unspecified atom stereocenters. The molecule has 0 saturated carbocycles. The number of aromatic hydroxyl groups is 1. The van der Waals surface area contributed by atoms with Gasteiger partial charge in [0.15, 0.2) is 0 Å². The van der Waals surface area contributed by atoms with Crippen molar-refractivity contribution in [3.63, 3.8) is 0 Å². The van der Waals surface area contributed by atoms with E-state index in [2.05, 4.69) is 45.5 Å². The zero-order chi connectivity index (χ0) is 30.8. The van der Waals surface area contributed by atoms with Crippen molar-refractivity contribution < 1.29 is 19.7 Å². The summed E-state index contributed by atoms with van der Waals surface area (Å²) < 4.78 is 6.90. The molecule has 1 atom stereocenters. The minimum Gasteiger partial charge on any atom is -0.506 e. The molecule has 2 aliphatic rings. The Kier molecular flexibility index (Phi) is 9.53. The molecule has 0 aliphatic carbocycles. The van der Waals surface area contributed by atoms with Gasteiger partial charge in [0.1, 0.15) is 17.0 Å². The average Bonchev–Trinajstić information content (AvgIpc) is 3.77. The van der Waals surface area contributed by atoms with Gasteiger partial charge in [-0.1, -0.05) is 31.3 Å². The van der Waals surface area contributed by atoms with Gasteiger partial charge < -0.3 is 30.2 Å². The smallest absolute Gasteiger partial charge is 0.305 e. The maximum absolute atomic E-state index is 13.2. The number of aliphatic hydroxyl groups is 1. The largest absolute Gasteiger partial charge is 0.506 e. The summed E-state index contributed by atoms with van der Waals surface area (Å²) in [6.07, 6.45) is 1.88. The predicted molar refractivity (Wildman–Crippen MR) is 175 cm³/mol. The molecule has 1 amide bonds. The lowest BCUT2D eigenvalue weighted by Crippen LogP contribution is -2.57. The first-order valence-corrected chi connectivity index (χ1v) is 17.7. The van der Waals surface area contributed by atoms with Crippen molar-refractivity contribution in [3.05, 3.63) is 65.3 Å². The first-order valence-electron chi connectivity index (χ1n) is 15.1. The van der Waals surface area contributed by atoms with E-state index in [0.717, 1.165) is 61.8 Å². The summed E-state index contributed by atoms with van der Waals surface area (Å²) in [5.41, 5.74) is 2.56. The minimum absolute atomic E-state index is 0.00718. The van der Waals surface area contributed by atoms with Gasteiger partial charge in [-0.15, -0.1) is 22.7 Å². The number of thiazole rings is 2. The van der Waals surface area contributed by atoms with Crippen LogP contribution in [0.15, 0.2) is 33.8 Å². The molecule has 2 saturated heterocycles. The molecule has 10 nitrogen and oxygen atoms in total. The van der Waals surface area contributed by atoms with Crippen LogP contribution in [0.3, 0.4) is 0 Å². The van der Waals surface area contributed by atoms with Gasteiger partial charge in [0.2, 0.25) is 0 Å². The highest BCUT2D eigenvalue weighted by Gasteiger charge is 2.41. The number of thiophene rings is 1. The second-order valence-corrected chi connectivity index (χ2v) is 14.9. The van der Waals surface area contributed by atoms with Crippen molar-refractivity contribution in [1.29, 1.82) is 0 Å². The van der Waals surface area contributed by atoms with E-state index in [1.54, 1.807) is 28.7 Å². The van der Waals surface area contributed by atoms with Gasteiger partial charge in [-0.2, -0.15) is 0 Å². The van der Waals surface area contributed by atoms with Crippen LogP contribution in [0.25, 0.3) is 10.2 Å². The summed E-state index contributed by atoms with van der Waals surface area (Å²) in [6.45, 7) is 9.85. The van der Waals surface area contributed by atoms with Gasteiger partial charge in [0.25, 0.3) is 5.91 Å². The molecule has 0 bridgehead atoms. The number of aliphatic hydroxyl groups excluding tert-OH is 1. The van der Waals surface area contributed by atoms with Crippen LogP contribution in [-0.2, 0) is 17.7 Å². The number of likely N-dealkylation sites (tertiary alicyclic amines) is 1. The van der Waals surface area contributed by atoms with E-state index in [0.29, 0.717) is 53.6 Å². The maximum atomic E-state index is 13.2. The summed E-state index contributed by atoms with van der Waals surface area (Å²) in [4.78, 5) is 37.6. The quantitative estimate of drug-likeness (QED) is 0.186. The summed E-state index contributed by atoms with van der Waals surface area (Å²) in [7, 11) is 0. The molecule has 5 heterocycles. The molecule has 1 aromatic carbocycles. The summed E-state index contributed by atoms with van der Waals surface area (Å²) in [6, 6.07) is 5.44. The molecule has 6 rings (SSSR count). The second-order valence-electron chi connectivity index (χ2n) is 12.0. The maximum Gasteiger partial charge on any atom is 0.305 e. The SMILES string of the molecule is CC(C)c1nc(C(=O)N2CCOC3(CCN(Cc4cc(CCNC[C@H](O)c5ccc(O)c6[nH]c(=O)sc56)cs4)CC3)C2)cs1. The number of piperidine rings is 1. The normalized spacial score (nSPS) is 18.0. The van der Waals surface area contributed by atoms with E-state index in [1.165, 1.54) is 16.5 Å². The average molecular weight is 658 g/mol. The van der Waals surface area contributed by atoms with Crippen LogP contribution in [0.1, 0.15) is 70.2 Å². The fraction of sp³-hybridized carbons (Fsp3) is 0.516. The van der Waals surface area contributed by atoms with Crippen molar-refractivity contribution in [2.45, 2.75) is 57.3 Å². The van der Waals surface area contributed by atoms with Gasteiger partial charge in [-0.3, -0.25) is 14.5 Å². The van der Waals surface area contributed by atoms with Crippen LogP contribution in [0, 0.1) is 0 Å². The molecule has 4 N–H and O–H groups in total. The van der Waals surface area contributed by atoms with Crippen LogP contribution < -0.4 is 10.2 Å². The number of fused-ring (bicyclic) bond motifs is 1. The number of nitrogens with zero attached hydrogens (tertiary/aromatic N) is 3. The third-order valence-corrected chi connectivity index (χ3v) is 11.5. The monoisotopic (exact) mass is 657 g/mol. The topological polar surface area (TPSA) is 131 Å². The highest BCUT2D eigenvalue weighted by Crippen LogP contribution is 2.33. The summed E-state index contributed by atoms with van der Waals surface area (Å²) in [5.74, 6) is 0.347. The van der Waals surface area contributed by atoms with Crippen LogP contribution in [-0.4, -0.2) is 87.4 Å². The van der Waals surface area contributed by atoms with Gasteiger partial charge in [0.05, 0.1) is 34.6 Å². The van der Waals surface area contributed by atoms with Crippen LogP contribution >= 0.6 is 34.0 Å². The fourth-order valence-electron chi connectivity index (χ4n) is 6.00. The van der Waals surface area contributed by atoms with E-state index in [9.17, 15) is 19.8 Å². The van der Waals surface area contributed by atoms with E-state index in [1.807, 2.05) is 10.3 Å². The number of amides is 1. The molecule has 4 aromatic rings. The lowest BCUT2D eigenvalue weighted by Gasteiger charge is -2.47. The number of ether oxygens (including phenoxy) is 1. The number of morpholine rings is 1. The van der Waals surface area contributed by atoms with Crippen molar-refractivity contribution in [2.24, 2.45) is 0 Å². The molecule has 236 valence electrons. The number of aromatic nitrogens is 2.